The van der Waals surface area contributed by atoms with Crippen LogP contribution in [0.1, 0.15) is 13.3 Å². The average molecular weight is 151 g/mol. The van der Waals surface area contributed by atoms with Crippen molar-refractivity contribution in [3.8, 4) is 0 Å². The smallest absolute Gasteiger partial charge is 0.0793 e. The Morgan fingerprint density at radius 2 is 2.45 bits per heavy atom. The Labute approximate surface area is 67.1 Å². The van der Waals surface area contributed by atoms with Crippen LogP contribution in [0.5, 0.6) is 0 Å². The van der Waals surface area contributed by atoms with Gasteiger partial charge in [-0.15, -0.1) is 0 Å². The van der Waals surface area contributed by atoms with E-state index in [4.69, 9.17) is 10.1 Å². The van der Waals surface area contributed by atoms with Gasteiger partial charge in [0.15, 0.2) is 0 Å². The van der Waals surface area contributed by atoms with Gasteiger partial charge < -0.3 is 10.1 Å². The SMILES string of the molecule is CCOC1C=CC(=N)C=CC1. The maximum atomic E-state index is 7.32. The molecular weight excluding hydrogens is 138 g/mol. The van der Waals surface area contributed by atoms with Crippen molar-refractivity contribution in [1.82, 2.24) is 0 Å². The fourth-order valence-electron chi connectivity index (χ4n) is 1.01. The minimum atomic E-state index is 0.166. The van der Waals surface area contributed by atoms with E-state index in [1.54, 1.807) is 12.2 Å². The molecule has 1 aliphatic rings. The second-order valence-corrected chi connectivity index (χ2v) is 2.45. The monoisotopic (exact) mass is 151 g/mol. The molecule has 0 aromatic rings. The average Bonchev–Trinajstić information content (AvgIpc) is 2.17. The summed E-state index contributed by atoms with van der Waals surface area (Å²) in [6, 6.07) is 0. The van der Waals surface area contributed by atoms with E-state index in [0.29, 0.717) is 5.71 Å². The molecule has 11 heavy (non-hydrogen) atoms. The summed E-state index contributed by atoms with van der Waals surface area (Å²) in [6.45, 7) is 2.71. The minimum Gasteiger partial charge on any atom is -0.374 e. The fourth-order valence-corrected chi connectivity index (χ4v) is 1.01. The van der Waals surface area contributed by atoms with Crippen LogP contribution in [0.25, 0.3) is 0 Å². The Bertz CT molecular complexity index is 194. The standard InChI is InChI=1S/C9H13NO/c1-2-11-9-5-3-4-8(10)6-7-9/h3-4,6-7,9-10H,2,5H2,1H3. The van der Waals surface area contributed by atoms with Gasteiger partial charge in [-0.05, 0) is 25.5 Å². The Morgan fingerprint density at radius 3 is 3.18 bits per heavy atom. The van der Waals surface area contributed by atoms with Gasteiger partial charge in [-0.1, -0.05) is 12.2 Å². The van der Waals surface area contributed by atoms with E-state index in [0.717, 1.165) is 13.0 Å². The molecule has 1 N–H and O–H groups in total. The number of hydrogen-bond acceptors (Lipinski definition) is 2. The summed E-state index contributed by atoms with van der Waals surface area (Å²) in [5, 5.41) is 7.32. The maximum absolute atomic E-state index is 7.32. The van der Waals surface area contributed by atoms with Crippen LogP contribution in [0.15, 0.2) is 24.3 Å². The van der Waals surface area contributed by atoms with Gasteiger partial charge in [-0.25, -0.2) is 0 Å². The number of ether oxygens (including phenoxy) is 1. The zero-order valence-electron chi connectivity index (χ0n) is 6.71. The number of nitrogens with one attached hydrogen (secondary N) is 1. The van der Waals surface area contributed by atoms with Crippen molar-refractivity contribution in [3.63, 3.8) is 0 Å². The van der Waals surface area contributed by atoms with E-state index in [1.807, 2.05) is 19.1 Å². The predicted molar refractivity (Wildman–Crippen MR) is 46.0 cm³/mol. The zero-order chi connectivity index (χ0) is 8.10. The van der Waals surface area contributed by atoms with E-state index in [1.165, 1.54) is 0 Å². The highest BCUT2D eigenvalue weighted by Gasteiger charge is 2.03. The van der Waals surface area contributed by atoms with Gasteiger partial charge in [0.25, 0.3) is 0 Å². The number of rotatable bonds is 2. The molecule has 1 atom stereocenters. The highest BCUT2D eigenvalue weighted by atomic mass is 16.5. The summed E-state index contributed by atoms with van der Waals surface area (Å²) in [6.07, 6.45) is 8.54. The van der Waals surface area contributed by atoms with E-state index >= 15 is 0 Å². The van der Waals surface area contributed by atoms with E-state index in [9.17, 15) is 0 Å². The first-order valence-corrected chi connectivity index (χ1v) is 3.88. The van der Waals surface area contributed by atoms with Gasteiger partial charge >= 0.3 is 0 Å². The lowest BCUT2D eigenvalue weighted by Gasteiger charge is -2.07. The molecule has 0 saturated heterocycles. The van der Waals surface area contributed by atoms with Gasteiger partial charge in [0.1, 0.15) is 0 Å². The Kier molecular flexibility index (Phi) is 3.05. The molecule has 0 amide bonds. The third kappa shape index (κ3) is 2.68. The molecule has 2 heteroatoms. The summed E-state index contributed by atoms with van der Waals surface area (Å²) in [5.74, 6) is 0. The van der Waals surface area contributed by atoms with Gasteiger partial charge in [-0.2, -0.15) is 0 Å². The Hall–Kier alpha value is -0.890. The van der Waals surface area contributed by atoms with Gasteiger partial charge in [-0.3, -0.25) is 0 Å². The molecule has 0 bridgehead atoms. The Balaban J connectivity index is 2.52. The molecule has 0 heterocycles. The van der Waals surface area contributed by atoms with Crippen molar-refractivity contribution in [2.75, 3.05) is 6.61 Å². The topological polar surface area (TPSA) is 33.1 Å². The summed E-state index contributed by atoms with van der Waals surface area (Å²) in [4.78, 5) is 0. The fraction of sp³-hybridized carbons (Fsp3) is 0.444. The van der Waals surface area contributed by atoms with Crippen molar-refractivity contribution >= 4 is 5.71 Å². The van der Waals surface area contributed by atoms with E-state index in [-0.39, 0.29) is 6.10 Å². The molecule has 1 unspecified atom stereocenters. The molecule has 0 radical (unpaired) electrons. The predicted octanol–water partition coefficient (Wildman–Crippen LogP) is 1.93. The van der Waals surface area contributed by atoms with E-state index in [2.05, 4.69) is 0 Å². The maximum Gasteiger partial charge on any atom is 0.0793 e. The van der Waals surface area contributed by atoms with Gasteiger partial charge in [0.05, 0.1) is 11.8 Å². The molecular formula is C9H13NO. The molecule has 0 aromatic carbocycles. The van der Waals surface area contributed by atoms with Crippen molar-refractivity contribution in [2.45, 2.75) is 19.4 Å². The molecule has 0 saturated carbocycles. The first-order valence-electron chi connectivity index (χ1n) is 3.88. The Morgan fingerprint density at radius 1 is 1.64 bits per heavy atom. The lowest BCUT2D eigenvalue weighted by molar-refractivity contribution is 0.0988. The third-order valence-corrected chi connectivity index (χ3v) is 1.54. The molecule has 0 aromatic heterocycles. The molecule has 2 nitrogen and oxygen atoms in total. The van der Waals surface area contributed by atoms with Crippen LogP contribution >= 0.6 is 0 Å². The molecule has 0 spiro atoms. The van der Waals surface area contributed by atoms with Crippen LogP contribution in [-0.2, 0) is 4.74 Å². The van der Waals surface area contributed by atoms with Crippen molar-refractivity contribution in [2.24, 2.45) is 0 Å². The largest absolute Gasteiger partial charge is 0.374 e. The first-order chi connectivity index (χ1) is 5.33. The molecule has 0 aliphatic heterocycles. The minimum absolute atomic E-state index is 0.166. The van der Waals surface area contributed by atoms with E-state index < -0.39 is 0 Å². The second kappa shape index (κ2) is 4.09. The summed E-state index contributed by atoms with van der Waals surface area (Å²) in [5.41, 5.74) is 0.548. The normalized spacial score (nSPS) is 23.7. The van der Waals surface area contributed by atoms with Crippen LogP contribution in [0.3, 0.4) is 0 Å². The second-order valence-electron chi connectivity index (χ2n) is 2.45. The van der Waals surface area contributed by atoms with Gasteiger partial charge in [0.2, 0.25) is 0 Å². The van der Waals surface area contributed by atoms with Crippen LogP contribution < -0.4 is 0 Å². The first kappa shape index (κ1) is 8.21. The molecule has 1 aliphatic carbocycles. The summed E-state index contributed by atoms with van der Waals surface area (Å²) >= 11 is 0. The summed E-state index contributed by atoms with van der Waals surface area (Å²) < 4.78 is 5.38. The third-order valence-electron chi connectivity index (χ3n) is 1.54. The van der Waals surface area contributed by atoms with Gasteiger partial charge in [0, 0.05) is 6.61 Å². The van der Waals surface area contributed by atoms with Crippen LogP contribution in [0, 0.1) is 5.41 Å². The molecule has 0 fully saturated rings. The quantitative estimate of drug-likeness (QED) is 0.642. The van der Waals surface area contributed by atoms with Crippen LogP contribution in [0.2, 0.25) is 0 Å². The molecule has 60 valence electrons. The number of allylic oxidation sites excluding steroid dienone is 2. The highest BCUT2D eigenvalue weighted by Crippen LogP contribution is 2.05. The van der Waals surface area contributed by atoms with Crippen molar-refractivity contribution in [1.29, 1.82) is 5.41 Å². The zero-order valence-corrected chi connectivity index (χ0v) is 6.71. The lowest BCUT2D eigenvalue weighted by atomic mass is 10.2. The highest BCUT2D eigenvalue weighted by molar-refractivity contribution is 6.01. The number of hydrogen-bond donors (Lipinski definition) is 1. The van der Waals surface area contributed by atoms with Crippen molar-refractivity contribution in [3.05, 3.63) is 24.3 Å². The van der Waals surface area contributed by atoms with Crippen LogP contribution in [0.4, 0.5) is 0 Å². The summed E-state index contributed by atoms with van der Waals surface area (Å²) in [7, 11) is 0. The molecule has 1 rings (SSSR count). The lowest BCUT2D eigenvalue weighted by Crippen LogP contribution is -2.07. The van der Waals surface area contributed by atoms with Crippen molar-refractivity contribution < 1.29 is 4.74 Å². The van der Waals surface area contributed by atoms with Crippen LogP contribution in [-0.4, -0.2) is 18.4 Å².